The van der Waals surface area contributed by atoms with Crippen LogP contribution in [0.1, 0.15) is 29.2 Å². The predicted octanol–water partition coefficient (Wildman–Crippen LogP) is 2.63. The van der Waals surface area contributed by atoms with Crippen molar-refractivity contribution >= 4 is 28.5 Å². The molecule has 1 fully saturated rings. The normalized spacial score (nSPS) is 14.8. The number of benzene rings is 1. The molecule has 6 heteroatoms. The molecule has 4 nitrogen and oxygen atoms in total. The molecule has 1 saturated carbocycles. The van der Waals surface area contributed by atoms with Gasteiger partial charge in [-0.25, -0.2) is 9.18 Å². The maximum absolute atomic E-state index is 13.3. The van der Waals surface area contributed by atoms with Crippen molar-refractivity contribution in [3.63, 3.8) is 0 Å². The number of rotatable bonds is 2. The Morgan fingerprint density at radius 2 is 2.21 bits per heavy atom. The first kappa shape index (κ1) is 12.2. The SMILES string of the molecule is O=C(O)c1cn(C2CC2)c2c(Cl)[c]c(F)cc2c1=O. The van der Waals surface area contributed by atoms with Crippen LogP contribution in [0.4, 0.5) is 4.39 Å². The summed E-state index contributed by atoms with van der Waals surface area (Å²) in [4.78, 5) is 23.1. The van der Waals surface area contributed by atoms with E-state index in [0.717, 1.165) is 18.9 Å². The van der Waals surface area contributed by atoms with Crippen molar-refractivity contribution in [2.45, 2.75) is 18.9 Å². The van der Waals surface area contributed by atoms with E-state index in [-0.39, 0.29) is 22.0 Å². The van der Waals surface area contributed by atoms with Gasteiger partial charge in [0.25, 0.3) is 0 Å². The van der Waals surface area contributed by atoms with Gasteiger partial charge in [0, 0.05) is 18.3 Å². The fraction of sp³-hybridized carbons (Fsp3) is 0.231. The smallest absolute Gasteiger partial charge is 0.341 e. The second-order valence-corrected chi connectivity index (χ2v) is 4.89. The molecular weight excluding hydrogens is 273 g/mol. The average Bonchev–Trinajstić information content (AvgIpc) is 3.13. The lowest BCUT2D eigenvalue weighted by Gasteiger charge is -2.12. The molecule has 19 heavy (non-hydrogen) atoms. The lowest BCUT2D eigenvalue weighted by atomic mass is 10.1. The van der Waals surface area contributed by atoms with Crippen molar-refractivity contribution in [2.75, 3.05) is 0 Å². The van der Waals surface area contributed by atoms with Crippen LogP contribution in [0.3, 0.4) is 0 Å². The molecule has 1 radical (unpaired) electrons. The van der Waals surface area contributed by atoms with Gasteiger partial charge in [0.1, 0.15) is 11.4 Å². The summed E-state index contributed by atoms with van der Waals surface area (Å²) in [5.41, 5.74) is -0.754. The number of pyridine rings is 1. The van der Waals surface area contributed by atoms with Crippen LogP contribution in [-0.4, -0.2) is 15.6 Å². The summed E-state index contributed by atoms with van der Waals surface area (Å²) in [6.45, 7) is 0. The molecule has 0 aliphatic heterocycles. The van der Waals surface area contributed by atoms with Gasteiger partial charge in [0.05, 0.1) is 15.9 Å². The van der Waals surface area contributed by atoms with E-state index in [0.29, 0.717) is 5.52 Å². The average molecular weight is 281 g/mol. The van der Waals surface area contributed by atoms with E-state index in [4.69, 9.17) is 16.7 Å². The largest absolute Gasteiger partial charge is 0.477 e. The molecule has 97 valence electrons. The third-order valence-electron chi connectivity index (χ3n) is 3.15. The molecular formula is C13H8ClFNO3. The van der Waals surface area contributed by atoms with Crippen molar-refractivity contribution in [3.8, 4) is 0 Å². The van der Waals surface area contributed by atoms with Crippen LogP contribution in [0.25, 0.3) is 10.9 Å². The number of aromatic carboxylic acids is 1. The molecule has 0 unspecified atom stereocenters. The van der Waals surface area contributed by atoms with Gasteiger partial charge in [-0.3, -0.25) is 4.79 Å². The summed E-state index contributed by atoms with van der Waals surface area (Å²) in [7, 11) is 0. The molecule has 0 spiro atoms. The molecule has 2 aromatic rings. The predicted molar refractivity (Wildman–Crippen MR) is 67.2 cm³/mol. The van der Waals surface area contributed by atoms with Gasteiger partial charge in [-0.15, -0.1) is 0 Å². The highest BCUT2D eigenvalue weighted by Gasteiger charge is 2.27. The molecule has 0 atom stereocenters. The van der Waals surface area contributed by atoms with Gasteiger partial charge in [0.15, 0.2) is 0 Å². The van der Waals surface area contributed by atoms with Crippen molar-refractivity contribution in [1.29, 1.82) is 0 Å². The zero-order valence-corrected chi connectivity index (χ0v) is 10.4. The van der Waals surface area contributed by atoms with E-state index in [1.807, 2.05) is 0 Å². The summed E-state index contributed by atoms with van der Waals surface area (Å²) >= 11 is 5.94. The third kappa shape index (κ3) is 1.90. The number of hydrogen-bond acceptors (Lipinski definition) is 2. The summed E-state index contributed by atoms with van der Waals surface area (Å²) in [5, 5.41) is 9.02. The molecule has 1 aliphatic carbocycles. The summed E-state index contributed by atoms with van der Waals surface area (Å²) in [5.74, 6) is -2.11. The lowest BCUT2D eigenvalue weighted by molar-refractivity contribution is 0.0695. The Morgan fingerprint density at radius 3 is 2.79 bits per heavy atom. The Kier molecular flexibility index (Phi) is 2.60. The van der Waals surface area contributed by atoms with E-state index in [9.17, 15) is 14.0 Å². The van der Waals surface area contributed by atoms with Gasteiger partial charge >= 0.3 is 5.97 Å². The first-order valence-electron chi connectivity index (χ1n) is 5.68. The number of hydrogen-bond donors (Lipinski definition) is 1. The van der Waals surface area contributed by atoms with Gasteiger partial charge in [-0.1, -0.05) is 11.6 Å². The highest BCUT2D eigenvalue weighted by molar-refractivity contribution is 6.35. The van der Waals surface area contributed by atoms with E-state index in [1.165, 1.54) is 6.20 Å². The Labute approximate surface area is 112 Å². The first-order chi connectivity index (χ1) is 8.99. The number of carboxylic acid groups (broad SMARTS) is 1. The van der Waals surface area contributed by atoms with Gasteiger partial charge in [-0.05, 0) is 18.9 Å². The van der Waals surface area contributed by atoms with Crippen molar-refractivity contribution in [2.24, 2.45) is 0 Å². The Hall–Kier alpha value is -1.88. The minimum absolute atomic E-state index is 0.00376. The second kappa shape index (κ2) is 4.06. The van der Waals surface area contributed by atoms with Crippen LogP contribution in [-0.2, 0) is 0 Å². The van der Waals surface area contributed by atoms with E-state index < -0.39 is 17.2 Å². The highest BCUT2D eigenvalue weighted by atomic mass is 35.5. The molecule has 0 saturated heterocycles. The minimum Gasteiger partial charge on any atom is -0.477 e. The number of carboxylic acids is 1. The maximum atomic E-state index is 13.3. The number of aromatic nitrogens is 1. The number of fused-ring (bicyclic) bond motifs is 1. The van der Waals surface area contributed by atoms with Crippen molar-refractivity contribution < 1.29 is 14.3 Å². The van der Waals surface area contributed by atoms with Crippen LogP contribution in [0, 0.1) is 11.9 Å². The first-order valence-corrected chi connectivity index (χ1v) is 6.06. The van der Waals surface area contributed by atoms with Crippen LogP contribution in [0.15, 0.2) is 17.1 Å². The molecule has 1 aliphatic rings. The second-order valence-electron chi connectivity index (χ2n) is 4.51. The van der Waals surface area contributed by atoms with Crippen molar-refractivity contribution in [1.82, 2.24) is 4.57 Å². The van der Waals surface area contributed by atoms with E-state index >= 15 is 0 Å². The molecule has 1 N–H and O–H groups in total. The summed E-state index contributed by atoms with van der Waals surface area (Å²) in [6.07, 6.45) is 3.04. The van der Waals surface area contributed by atoms with Gasteiger partial charge < -0.3 is 9.67 Å². The Bertz CT molecular complexity index is 765. The van der Waals surface area contributed by atoms with E-state index in [1.54, 1.807) is 4.57 Å². The molecule has 1 heterocycles. The zero-order chi connectivity index (χ0) is 13.7. The Balaban J connectivity index is 2.49. The minimum atomic E-state index is -1.33. The van der Waals surface area contributed by atoms with Crippen molar-refractivity contribution in [3.05, 3.63) is 45.0 Å². The molecule has 1 aromatic heterocycles. The Morgan fingerprint density at radius 1 is 1.53 bits per heavy atom. The quantitative estimate of drug-likeness (QED) is 0.920. The van der Waals surface area contributed by atoms with Gasteiger partial charge in [-0.2, -0.15) is 0 Å². The fourth-order valence-corrected chi connectivity index (χ4v) is 2.43. The fourth-order valence-electron chi connectivity index (χ4n) is 2.14. The summed E-state index contributed by atoms with van der Waals surface area (Å²) < 4.78 is 15.0. The van der Waals surface area contributed by atoms with Crippen LogP contribution >= 0.6 is 11.6 Å². The molecule has 0 bridgehead atoms. The molecule has 3 rings (SSSR count). The standard InChI is InChI=1S/C13H8ClFNO3/c14-10-4-6(15)3-8-11(10)16(7-1-2-7)5-9(12(8)17)13(18)19/h3,5,7H,1-2H2,(H,18,19). The lowest BCUT2D eigenvalue weighted by Crippen LogP contribution is -2.19. The van der Waals surface area contributed by atoms with E-state index in [2.05, 4.69) is 6.07 Å². The van der Waals surface area contributed by atoms with Crippen LogP contribution in [0.2, 0.25) is 5.02 Å². The third-order valence-corrected chi connectivity index (χ3v) is 3.42. The monoisotopic (exact) mass is 280 g/mol. The number of nitrogens with zero attached hydrogens (tertiary/aromatic N) is 1. The number of halogens is 2. The molecule has 0 amide bonds. The molecule has 1 aromatic carbocycles. The van der Waals surface area contributed by atoms with Crippen LogP contribution < -0.4 is 5.43 Å². The maximum Gasteiger partial charge on any atom is 0.341 e. The topological polar surface area (TPSA) is 59.3 Å². The number of carbonyl (C=O) groups is 1. The van der Waals surface area contributed by atoms with Gasteiger partial charge in [0.2, 0.25) is 5.43 Å². The van der Waals surface area contributed by atoms with Crippen LogP contribution in [0.5, 0.6) is 0 Å². The zero-order valence-electron chi connectivity index (χ0n) is 9.61. The highest BCUT2D eigenvalue weighted by Crippen LogP contribution is 2.38. The summed E-state index contributed by atoms with van der Waals surface area (Å²) in [6, 6.07) is 3.39.